The fraction of sp³-hybridized carbons (Fsp3) is 0.500. The van der Waals surface area contributed by atoms with E-state index in [0.717, 1.165) is 11.3 Å². The van der Waals surface area contributed by atoms with Gasteiger partial charge in [0, 0.05) is 0 Å². The van der Waals surface area contributed by atoms with Gasteiger partial charge in [-0.25, -0.2) is 4.79 Å². The first-order valence-electron chi connectivity index (χ1n) is 5.93. The zero-order valence-corrected chi connectivity index (χ0v) is 11.1. The van der Waals surface area contributed by atoms with Gasteiger partial charge in [0.2, 0.25) is 0 Å². The molecule has 2 atom stereocenters. The maximum absolute atomic E-state index is 11.8. The number of epoxide rings is 1. The number of carbonyl (C=O) groups is 1. The van der Waals surface area contributed by atoms with Crippen molar-refractivity contribution < 1.29 is 19.0 Å². The standard InChI is InChI=1S/C14H18O4/c1-14(2,3)18-13(15)12-11(17-12)9-5-7-10(16-4)8-6-9/h5-8,11-12H,1-4H3/t11-,12+/m1/s1. The number of benzene rings is 1. The first-order valence-corrected chi connectivity index (χ1v) is 5.93. The van der Waals surface area contributed by atoms with Gasteiger partial charge in [0.1, 0.15) is 17.5 Å². The van der Waals surface area contributed by atoms with E-state index in [9.17, 15) is 4.79 Å². The van der Waals surface area contributed by atoms with Gasteiger partial charge in [-0.2, -0.15) is 0 Å². The van der Waals surface area contributed by atoms with Gasteiger partial charge in [-0.1, -0.05) is 12.1 Å². The minimum atomic E-state index is -0.479. The van der Waals surface area contributed by atoms with Gasteiger partial charge in [-0.3, -0.25) is 0 Å². The monoisotopic (exact) mass is 250 g/mol. The van der Waals surface area contributed by atoms with Gasteiger partial charge < -0.3 is 14.2 Å². The summed E-state index contributed by atoms with van der Waals surface area (Å²) >= 11 is 0. The Bertz CT molecular complexity index is 430. The minimum absolute atomic E-state index is 0.189. The second kappa shape index (κ2) is 4.61. The van der Waals surface area contributed by atoms with Crippen molar-refractivity contribution in [1.82, 2.24) is 0 Å². The highest BCUT2D eigenvalue weighted by molar-refractivity contribution is 5.78. The Morgan fingerprint density at radius 1 is 1.22 bits per heavy atom. The normalized spacial score (nSPS) is 22.4. The van der Waals surface area contributed by atoms with Crippen molar-refractivity contribution in [1.29, 1.82) is 0 Å². The summed E-state index contributed by atoms with van der Waals surface area (Å²) in [7, 11) is 1.62. The van der Waals surface area contributed by atoms with E-state index in [1.54, 1.807) is 7.11 Å². The van der Waals surface area contributed by atoms with Gasteiger partial charge >= 0.3 is 5.97 Å². The van der Waals surface area contributed by atoms with E-state index in [0.29, 0.717) is 0 Å². The molecule has 4 heteroatoms. The maximum Gasteiger partial charge on any atom is 0.338 e. The molecule has 4 nitrogen and oxygen atoms in total. The summed E-state index contributed by atoms with van der Waals surface area (Å²) in [5.74, 6) is 0.483. The predicted octanol–water partition coefficient (Wildman–Crippen LogP) is 2.48. The van der Waals surface area contributed by atoms with Gasteiger partial charge in [-0.05, 0) is 38.5 Å². The van der Waals surface area contributed by atoms with E-state index in [2.05, 4.69) is 0 Å². The summed E-state index contributed by atoms with van der Waals surface area (Å²) < 4.78 is 15.7. The molecule has 0 aliphatic carbocycles. The van der Waals surface area contributed by atoms with Crippen LogP contribution in [0, 0.1) is 0 Å². The van der Waals surface area contributed by atoms with Crippen molar-refractivity contribution in [2.45, 2.75) is 38.6 Å². The molecular weight excluding hydrogens is 232 g/mol. The van der Waals surface area contributed by atoms with E-state index in [4.69, 9.17) is 14.2 Å². The summed E-state index contributed by atoms with van der Waals surface area (Å²) in [4.78, 5) is 11.8. The molecule has 1 aliphatic heterocycles. The molecule has 1 heterocycles. The lowest BCUT2D eigenvalue weighted by Gasteiger charge is -2.18. The minimum Gasteiger partial charge on any atom is -0.497 e. The Kier molecular flexibility index (Phi) is 3.30. The van der Waals surface area contributed by atoms with Crippen molar-refractivity contribution in [3.63, 3.8) is 0 Å². The Labute approximate surface area is 107 Å². The lowest BCUT2D eigenvalue weighted by Crippen LogP contribution is -2.26. The molecule has 2 rings (SSSR count). The van der Waals surface area contributed by atoms with Crippen LogP contribution in [0.15, 0.2) is 24.3 Å². The molecule has 0 amide bonds. The van der Waals surface area contributed by atoms with Gasteiger partial charge in [0.05, 0.1) is 7.11 Å². The smallest absolute Gasteiger partial charge is 0.338 e. The highest BCUT2D eigenvalue weighted by atomic mass is 16.6. The molecule has 0 unspecified atom stereocenters. The Morgan fingerprint density at radius 3 is 2.33 bits per heavy atom. The first-order chi connectivity index (χ1) is 8.40. The van der Waals surface area contributed by atoms with Crippen LogP contribution in [0.1, 0.15) is 32.4 Å². The lowest BCUT2D eigenvalue weighted by molar-refractivity contribution is -0.156. The first kappa shape index (κ1) is 12.9. The number of carbonyl (C=O) groups excluding carboxylic acids is 1. The number of hydrogen-bond donors (Lipinski definition) is 0. The van der Waals surface area contributed by atoms with E-state index >= 15 is 0 Å². The summed E-state index contributed by atoms with van der Waals surface area (Å²) in [6, 6.07) is 7.49. The van der Waals surface area contributed by atoms with Crippen LogP contribution in [-0.4, -0.2) is 24.8 Å². The van der Waals surface area contributed by atoms with Gasteiger partial charge in [-0.15, -0.1) is 0 Å². The van der Waals surface area contributed by atoms with Crippen molar-refractivity contribution >= 4 is 5.97 Å². The molecule has 1 saturated heterocycles. The molecule has 98 valence electrons. The molecule has 18 heavy (non-hydrogen) atoms. The number of hydrogen-bond acceptors (Lipinski definition) is 4. The molecule has 0 spiro atoms. The number of esters is 1. The van der Waals surface area contributed by atoms with Crippen molar-refractivity contribution in [3.05, 3.63) is 29.8 Å². The average Bonchev–Trinajstić information content (AvgIpc) is 3.07. The molecule has 0 saturated carbocycles. The summed E-state index contributed by atoms with van der Waals surface area (Å²) in [5.41, 5.74) is 0.486. The predicted molar refractivity (Wildman–Crippen MR) is 66.5 cm³/mol. The van der Waals surface area contributed by atoms with E-state index in [1.165, 1.54) is 0 Å². The third kappa shape index (κ3) is 3.01. The Balaban J connectivity index is 1.96. The largest absolute Gasteiger partial charge is 0.497 e. The summed E-state index contributed by atoms with van der Waals surface area (Å²) in [6.45, 7) is 5.53. The van der Waals surface area contributed by atoms with E-state index < -0.39 is 11.7 Å². The molecule has 1 aliphatic rings. The summed E-state index contributed by atoms with van der Waals surface area (Å²) in [6.07, 6.45) is -0.664. The van der Waals surface area contributed by atoms with Gasteiger partial charge in [0.15, 0.2) is 6.10 Å². The second-order valence-corrected chi connectivity index (χ2v) is 5.28. The van der Waals surface area contributed by atoms with Crippen LogP contribution in [0.2, 0.25) is 0 Å². The molecule has 1 aromatic carbocycles. The second-order valence-electron chi connectivity index (χ2n) is 5.28. The molecule has 0 bridgehead atoms. The molecule has 0 aromatic heterocycles. The Hall–Kier alpha value is -1.55. The highest BCUT2D eigenvalue weighted by Gasteiger charge is 2.48. The van der Waals surface area contributed by atoms with E-state index in [1.807, 2.05) is 45.0 Å². The molecule has 0 radical (unpaired) electrons. The lowest BCUT2D eigenvalue weighted by atomic mass is 10.1. The van der Waals surface area contributed by atoms with Crippen molar-refractivity contribution in [2.24, 2.45) is 0 Å². The number of methoxy groups -OCH3 is 1. The third-order valence-electron chi connectivity index (χ3n) is 2.58. The van der Waals surface area contributed by atoms with Gasteiger partial charge in [0.25, 0.3) is 0 Å². The molecule has 0 N–H and O–H groups in total. The molecule has 1 fully saturated rings. The van der Waals surface area contributed by atoms with Crippen LogP contribution in [-0.2, 0) is 14.3 Å². The topological polar surface area (TPSA) is 48.1 Å². The van der Waals surface area contributed by atoms with Crippen LogP contribution in [0.25, 0.3) is 0 Å². The SMILES string of the molecule is COc1ccc([C@H]2O[C@@H]2C(=O)OC(C)(C)C)cc1. The van der Waals surface area contributed by atoms with Crippen LogP contribution in [0.5, 0.6) is 5.75 Å². The fourth-order valence-corrected chi connectivity index (χ4v) is 1.70. The van der Waals surface area contributed by atoms with Crippen molar-refractivity contribution in [3.8, 4) is 5.75 Å². The zero-order chi connectivity index (χ0) is 13.3. The van der Waals surface area contributed by atoms with Crippen molar-refractivity contribution in [2.75, 3.05) is 7.11 Å². The maximum atomic E-state index is 11.8. The third-order valence-corrected chi connectivity index (χ3v) is 2.58. The number of ether oxygens (including phenoxy) is 3. The average molecular weight is 250 g/mol. The Morgan fingerprint density at radius 2 is 1.83 bits per heavy atom. The highest BCUT2D eigenvalue weighted by Crippen LogP contribution is 2.40. The quantitative estimate of drug-likeness (QED) is 0.611. The summed E-state index contributed by atoms with van der Waals surface area (Å²) in [5, 5.41) is 0. The van der Waals surface area contributed by atoms with Crippen LogP contribution in [0.3, 0.4) is 0 Å². The zero-order valence-electron chi connectivity index (χ0n) is 11.1. The van der Waals surface area contributed by atoms with Crippen LogP contribution in [0.4, 0.5) is 0 Å². The molecule has 1 aromatic rings. The molecular formula is C14H18O4. The van der Waals surface area contributed by atoms with Crippen LogP contribution >= 0.6 is 0 Å². The van der Waals surface area contributed by atoms with Crippen LogP contribution < -0.4 is 4.74 Å². The fourth-order valence-electron chi connectivity index (χ4n) is 1.70. The number of rotatable bonds is 3. The van der Waals surface area contributed by atoms with E-state index in [-0.39, 0.29) is 12.1 Å².